The van der Waals surface area contributed by atoms with Gasteiger partial charge in [0.2, 0.25) is 5.91 Å². The number of piperidine rings is 1. The van der Waals surface area contributed by atoms with Crippen LogP contribution in [-0.2, 0) is 4.79 Å². The Morgan fingerprint density at radius 1 is 1.19 bits per heavy atom. The van der Waals surface area contributed by atoms with Crippen LogP contribution in [0.2, 0.25) is 0 Å². The quantitative estimate of drug-likeness (QED) is 0.868. The molecule has 1 aliphatic rings. The number of carbonyl (C=O) groups is 1. The lowest BCUT2D eigenvalue weighted by Gasteiger charge is -2.34. The van der Waals surface area contributed by atoms with Crippen LogP contribution in [0.1, 0.15) is 19.3 Å². The van der Waals surface area contributed by atoms with Crippen molar-refractivity contribution in [1.82, 2.24) is 10.6 Å². The van der Waals surface area contributed by atoms with Gasteiger partial charge in [0.05, 0.1) is 0 Å². The zero-order chi connectivity index (χ0) is 13.5. The molecule has 1 aromatic rings. The molecule has 0 atom stereocenters. The molecule has 1 heterocycles. The van der Waals surface area contributed by atoms with Crippen molar-refractivity contribution in [2.24, 2.45) is 0 Å². The lowest BCUT2D eigenvalue weighted by molar-refractivity contribution is -0.121. The predicted octanol–water partition coefficient (Wildman–Crippen LogP) is 2.22. The molecule has 0 aliphatic carbocycles. The first kappa shape index (κ1) is 20.0. The number of rotatable bonds is 5. The van der Waals surface area contributed by atoms with E-state index in [2.05, 4.69) is 39.8 Å². The molecule has 1 saturated heterocycles. The van der Waals surface area contributed by atoms with Gasteiger partial charge in [-0.3, -0.25) is 4.79 Å². The van der Waals surface area contributed by atoms with Crippen LogP contribution in [0.15, 0.2) is 30.3 Å². The fourth-order valence-electron chi connectivity index (χ4n) is 2.46. The van der Waals surface area contributed by atoms with Crippen molar-refractivity contribution in [3.8, 4) is 0 Å². The lowest BCUT2D eigenvalue weighted by Crippen LogP contribution is -2.45. The molecule has 2 rings (SSSR count). The third kappa shape index (κ3) is 6.55. The zero-order valence-electron chi connectivity index (χ0n) is 12.4. The number of benzene rings is 1. The van der Waals surface area contributed by atoms with Crippen molar-refractivity contribution in [2.75, 3.05) is 31.6 Å². The molecular formula is C15H25Cl2N3O. The van der Waals surface area contributed by atoms with Crippen LogP contribution in [0.3, 0.4) is 0 Å². The molecule has 1 aliphatic heterocycles. The molecule has 0 radical (unpaired) electrons. The Morgan fingerprint density at radius 3 is 2.38 bits per heavy atom. The Bertz CT molecular complexity index is 395. The maximum Gasteiger partial charge on any atom is 0.221 e. The summed E-state index contributed by atoms with van der Waals surface area (Å²) in [5, 5.41) is 6.12. The summed E-state index contributed by atoms with van der Waals surface area (Å²) >= 11 is 0. The third-order valence-electron chi connectivity index (χ3n) is 3.58. The number of para-hydroxylation sites is 1. The Morgan fingerprint density at radius 2 is 1.81 bits per heavy atom. The first-order valence-corrected chi connectivity index (χ1v) is 7.03. The van der Waals surface area contributed by atoms with E-state index in [-0.39, 0.29) is 30.7 Å². The average molecular weight is 334 g/mol. The van der Waals surface area contributed by atoms with Crippen LogP contribution in [-0.4, -0.2) is 38.6 Å². The van der Waals surface area contributed by atoms with Crippen molar-refractivity contribution < 1.29 is 4.79 Å². The number of anilines is 1. The average Bonchev–Trinajstić information content (AvgIpc) is 2.47. The second-order valence-corrected chi connectivity index (χ2v) is 5.02. The summed E-state index contributed by atoms with van der Waals surface area (Å²) < 4.78 is 0. The van der Waals surface area contributed by atoms with Crippen LogP contribution in [0.25, 0.3) is 0 Å². The molecule has 0 unspecified atom stereocenters. The Labute approximate surface area is 139 Å². The van der Waals surface area contributed by atoms with Gasteiger partial charge in [0, 0.05) is 37.8 Å². The van der Waals surface area contributed by atoms with Crippen molar-refractivity contribution in [1.29, 1.82) is 0 Å². The van der Waals surface area contributed by atoms with Gasteiger partial charge in [0.15, 0.2) is 0 Å². The third-order valence-corrected chi connectivity index (χ3v) is 3.58. The van der Waals surface area contributed by atoms with Crippen molar-refractivity contribution in [3.05, 3.63) is 30.3 Å². The van der Waals surface area contributed by atoms with Crippen LogP contribution in [0.5, 0.6) is 0 Å². The first-order valence-electron chi connectivity index (χ1n) is 7.03. The summed E-state index contributed by atoms with van der Waals surface area (Å²) in [5.41, 5.74) is 1.28. The molecule has 0 saturated carbocycles. The Hall–Kier alpha value is -0.970. The molecule has 6 heteroatoms. The molecular weight excluding hydrogens is 309 g/mol. The number of amides is 1. The summed E-state index contributed by atoms with van der Waals surface area (Å²) in [6.45, 7) is 2.77. The molecule has 1 amide bonds. The number of hydrogen-bond acceptors (Lipinski definition) is 3. The van der Waals surface area contributed by atoms with Crippen LogP contribution < -0.4 is 15.5 Å². The highest BCUT2D eigenvalue weighted by Crippen LogP contribution is 2.19. The molecule has 21 heavy (non-hydrogen) atoms. The minimum atomic E-state index is 0. The standard InChI is InChI=1S/C15H23N3O.2ClH/c1-16-10-7-15(19)17-13-8-11-18(12-9-13)14-5-3-2-4-6-14;;/h2-6,13,16H,7-12H2,1H3,(H,17,19);2*1H. The topological polar surface area (TPSA) is 44.4 Å². The summed E-state index contributed by atoms with van der Waals surface area (Å²) in [6.07, 6.45) is 2.62. The molecule has 1 aromatic carbocycles. The number of hydrogen-bond donors (Lipinski definition) is 2. The van der Waals surface area contributed by atoms with Gasteiger partial charge in [-0.05, 0) is 32.0 Å². The highest BCUT2D eigenvalue weighted by Gasteiger charge is 2.20. The fourth-order valence-corrected chi connectivity index (χ4v) is 2.46. The largest absolute Gasteiger partial charge is 0.371 e. The normalized spacial score (nSPS) is 14.8. The SMILES string of the molecule is CNCCC(=O)NC1CCN(c2ccccc2)CC1.Cl.Cl. The number of nitrogens with one attached hydrogen (secondary N) is 2. The molecule has 0 aromatic heterocycles. The van der Waals surface area contributed by atoms with Gasteiger partial charge < -0.3 is 15.5 Å². The van der Waals surface area contributed by atoms with E-state index in [0.29, 0.717) is 12.5 Å². The zero-order valence-corrected chi connectivity index (χ0v) is 14.0. The number of carbonyl (C=O) groups excluding carboxylic acids is 1. The van der Waals surface area contributed by atoms with E-state index in [1.165, 1.54) is 5.69 Å². The van der Waals surface area contributed by atoms with Crippen LogP contribution in [0.4, 0.5) is 5.69 Å². The van der Waals surface area contributed by atoms with E-state index < -0.39 is 0 Å². The molecule has 120 valence electrons. The Kier molecular flexibility index (Phi) is 10.2. The van der Waals surface area contributed by atoms with E-state index in [1.54, 1.807) is 0 Å². The van der Waals surface area contributed by atoms with Gasteiger partial charge in [-0.2, -0.15) is 0 Å². The first-order chi connectivity index (χ1) is 9.29. The van der Waals surface area contributed by atoms with Gasteiger partial charge in [-0.1, -0.05) is 18.2 Å². The van der Waals surface area contributed by atoms with Gasteiger partial charge in [0.25, 0.3) is 0 Å². The molecule has 1 fully saturated rings. The van der Waals surface area contributed by atoms with E-state index >= 15 is 0 Å². The van der Waals surface area contributed by atoms with Crippen molar-refractivity contribution in [3.63, 3.8) is 0 Å². The highest BCUT2D eigenvalue weighted by molar-refractivity contribution is 5.85. The monoisotopic (exact) mass is 333 g/mol. The minimum Gasteiger partial charge on any atom is -0.371 e. The summed E-state index contributed by atoms with van der Waals surface area (Å²) in [7, 11) is 1.87. The second-order valence-electron chi connectivity index (χ2n) is 5.02. The maximum absolute atomic E-state index is 11.7. The highest BCUT2D eigenvalue weighted by atomic mass is 35.5. The smallest absolute Gasteiger partial charge is 0.221 e. The summed E-state index contributed by atoms with van der Waals surface area (Å²) in [4.78, 5) is 14.0. The molecule has 2 N–H and O–H groups in total. The number of nitrogens with zero attached hydrogens (tertiary/aromatic N) is 1. The number of halogens is 2. The fraction of sp³-hybridized carbons (Fsp3) is 0.533. The van der Waals surface area contributed by atoms with Crippen LogP contribution >= 0.6 is 24.8 Å². The summed E-state index contributed by atoms with van der Waals surface area (Å²) in [5.74, 6) is 0.160. The van der Waals surface area contributed by atoms with E-state index in [4.69, 9.17) is 0 Å². The van der Waals surface area contributed by atoms with E-state index in [9.17, 15) is 4.79 Å². The van der Waals surface area contributed by atoms with Gasteiger partial charge in [-0.25, -0.2) is 0 Å². The van der Waals surface area contributed by atoms with Gasteiger partial charge >= 0.3 is 0 Å². The summed E-state index contributed by atoms with van der Waals surface area (Å²) in [6, 6.07) is 10.8. The van der Waals surface area contributed by atoms with Crippen LogP contribution in [0, 0.1) is 0 Å². The lowest BCUT2D eigenvalue weighted by atomic mass is 10.0. The van der Waals surface area contributed by atoms with Crippen molar-refractivity contribution >= 4 is 36.4 Å². The molecule has 0 bridgehead atoms. The predicted molar refractivity (Wildman–Crippen MR) is 92.9 cm³/mol. The van der Waals surface area contributed by atoms with E-state index in [0.717, 1.165) is 32.5 Å². The van der Waals surface area contributed by atoms with Crippen molar-refractivity contribution in [2.45, 2.75) is 25.3 Å². The van der Waals surface area contributed by atoms with Gasteiger partial charge in [-0.15, -0.1) is 24.8 Å². The van der Waals surface area contributed by atoms with Gasteiger partial charge in [0.1, 0.15) is 0 Å². The molecule has 4 nitrogen and oxygen atoms in total. The Balaban J connectivity index is 0.00000200. The van der Waals surface area contributed by atoms with E-state index in [1.807, 2.05) is 13.1 Å². The second kappa shape index (κ2) is 10.7. The molecule has 0 spiro atoms. The maximum atomic E-state index is 11.7. The minimum absolute atomic E-state index is 0.